The van der Waals surface area contributed by atoms with Crippen LogP contribution in [-0.2, 0) is 24.4 Å². The fourth-order valence-electron chi connectivity index (χ4n) is 3.07. The predicted molar refractivity (Wildman–Crippen MR) is 89.0 cm³/mol. The van der Waals surface area contributed by atoms with Crippen molar-refractivity contribution in [2.75, 3.05) is 5.32 Å². The van der Waals surface area contributed by atoms with E-state index >= 15 is 0 Å². The normalized spacial score (nSPS) is 16.3. The van der Waals surface area contributed by atoms with Gasteiger partial charge < -0.3 is 9.88 Å². The number of nitrogens with zero attached hydrogens (tertiary/aromatic N) is 3. The average molecular weight is 360 g/mol. The number of fused-ring (bicyclic) bond motifs is 1. The number of aryl methyl sites for hydroxylation is 2. The molecule has 1 aromatic heterocycles. The minimum Gasteiger partial charge on any atom is -0.373 e. The lowest BCUT2D eigenvalue weighted by Gasteiger charge is -2.27. The molecule has 0 spiro atoms. The van der Waals surface area contributed by atoms with Crippen LogP contribution >= 0.6 is 0 Å². The molecule has 0 bridgehead atoms. The third-order valence-corrected chi connectivity index (χ3v) is 4.32. The van der Waals surface area contributed by atoms with Gasteiger partial charge >= 0.3 is 6.18 Å². The molecule has 0 radical (unpaired) electrons. The molecule has 0 fully saturated rings. The molecule has 1 aromatic carbocycles. The summed E-state index contributed by atoms with van der Waals surface area (Å²) in [6.07, 6.45) is 0.841. The standard InChI is InChI=1S/C18H15F3N4O/c1-25-10-23-8-17(25)16-6-12(9-26)13-5-11(3-2-4-22)14(18(19,20)21)7-15(13)24-16/h5-10,16,24H,2-3H2,1H3. The summed E-state index contributed by atoms with van der Waals surface area (Å²) in [6.45, 7) is 0. The fourth-order valence-corrected chi connectivity index (χ4v) is 3.07. The molecule has 2 heterocycles. The van der Waals surface area contributed by atoms with E-state index in [1.165, 1.54) is 6.07 Å². The number of benzene rings is 1. The van der Waals surface area contributed by atoms with Gasteiger partial charge in [-0.05, 0) is 30.2 Å². The first-order valence-corrected chi connectivity index (χ1v) is 7.86. The number of aldehydes is 1. The second kappa shape index (κ2) is 6.67. The Kier molecular flexibility index (Phi) is 4.55. The Labute approximate surface area is 147 Å². The fraction of sp³-hybridized carbons (Fsp3) is 0.278. The summed E-state index contributed by atoms with van der Waals surface area (Å²) in [4.78, 5) is 15.5. The summed E-state index contributed by atoms with van der Waals surface area (Å²) < 4.78 is 42.1. The van der Waals surface area contributed by atoms with E-state index in [4.69, 9.17) is 5.26 Å². The van der Waals surface area contributed by atoms with Crippen LogP contribution in [-0.4, -0.2) is 15.8 Å². The molecule has 0 saturated carbocycles. The minimum atomic E-state index is -4.55. The second-order valence-corrected chi connectivity index (χ2v) is 6.00. The minimum absolute atomic E-state index is 0.00586. The van der Waals surface area contributed by atoms with Gasteiger partial charge in [-0.1, -0.05) is 0 Å². The van der Waals surface area contributed by atoms with Gasteiger partial charge in [-0.15, -0.1) is 0 Å². The number of allylic oxidation sites excluding steroid dienone is 1. The number of nitriles is 1. The van der Waals surface area contributed by atoms with Crippen molar-refractivity contribution in [3.8, 4) is 6.07 Å². The summed E-state index contributed by atoms with van der Waals surface area (Å²) >= 11 is 0. The molecule has 8 heteroatoms. The van der Waals surface area contributed by atoms with Crippen LogP contribution in [0.2, 0.25) is 0 Å². The molecule has 1 atom stereocenters. The zero-order valence-corrected chi connectivity index (χ0v) is 13.8. The molecule has 1 aliphatic heterocycles. The first-order chi connectivity index (χ1) is 12.3. The maximum Gasteiger partial charge on any atom is 0.416 e. The van der Waals surface area contributed by atoms with Gasteiger partial charge in [0.25, 0.3) is 0 Å². The number of nitrogens with one attached hydrogen (secondary N) is 1. The molecular weight excluding hydrogens is 345 g/mol. The number of halogens is 3. The number of carbonyl (C=O) groups excluding carboxylic acids is 1. The van der Waals surface area contributed by atoms with E-state index in [0.717, 1.165) is 11.8 Å². The van der Waals surface area contributed by atoms with E-state index in [1.807, 2.05) is 6.07 Å². The van der Waals surface area contributed by atoms with Gasteiger partial charge in [0.05, 0.1) is 35.9 Å². The smallest absolute Gasteiger partial charge is 0.373 e. The van der Waals surface area contributed by atoms with Gasteiger partial charge in [-0.2, -0.15) is 18.4 Å². The number of aromatic nitrogens is 2. The van der Waals surface area contributed by atoms with Crippen molar-refractivity contribution < 1.29 is 18.0 Å². The van der Waals surface area contributed by atoms with E-state index in [9.17, 15) is 18.0 Å². The Balaban J connectivity index is 2.12. The summed E-state index contributed by atoms with van der Waals surface area (Å²) in [6, 6.07) is 3.75. The van der Waals surface area contributed by atoms with Gasteiger partial charge in [0.15, 0.2) is 0 Å². The van der Waals surface area contributed by atoms with Gasteiger partial charge in [-0.25, -0.2) is 4.98 Å². The second-order valence-electron chi connectivity index (χ2n) is 6.00. The Morgan fingerprint density at radius 1 is 1.42 bits per heavy atom. The highest BCUT2D eigenvalue weighted by Crippen LogP contribution is 2.41. The zero-order valence-electron chi connectivity index (χ0n) is 13.8. The van der Waals surface area contributed by atoms with Crippen molar-refractivity contribution in [1.29, 1.82) is 5.26 Å². The highest BCUT2D eigenvalue weighted by molar-refractivity contribution is 6.10. The lowest BCUT2D eigenvalue weighted by molar-refractivity contribution is -0.138. The maximum absolute atomic E-state index is 13.5. The van der Waals surface area contributed by atoms with E-state index in [-0.39, 0.29) is 24.1 Å². The Bertz CT molecular complexity index is 921. The van der Waals surface area contributed by atoms with Crippen molar-refractivity contribution in [3.05, 3.63) is 53.1 Å². The predicted octanol–water partition coefficient (Wildman–Crippen LogP) is 3.64. The van der Waals surface area contributed by atoms with Gasteiger partial charge in [-0.3, -0.25) is 4.79 Å². The van der Waals surface area contributed by atoms with Crippen molar-refractivity contribution in [3.63, 3.8) is 0 Å². The van der Waals surface area contributed by atoms with E-state index in [1.54, 1.807) is 30.2 Å². The summed E-state index contributed by atoms with van der Waals surface area (Å²) in [5.74, 6) is 0. The molecule has 1 aliphatic rings. The number of hydrogen-bond donors (Lipinski definition) is 1. The van der Waals surface area contributed by atoms with Crippen LogP contribution in [0.3, 0.4) is 0 Å². The zero-order chi connectivity index (χ0) is 18.9. The van der Waals surface area contributed by atoms with Crippen molar-refractivity contribution in [2.24, 2.45) is 7.05 Å². The first-order valence-electron chi connectivity index (χ1n) is 7.86. The molecule has 1 unspecified atom stereocenters. The lowest BCUT2D eigenvalue weighted by Crippen LogP contribution is -2.19. The third-order valence-electron chi connectivity index (χ3n) is 4.32. The van der Waals surface area contributed by atoms with Crippen LogP contribution in [0.15, 0.2) is 30.7 Å². The molecule has 0 saturated heterocycles. The average Bonchev–Trinajstić information content (AvgIpc) is 3.03. The number of anilines is 1. The molecule has 0 amide bonds. The van der Waals surface area contributed by atoms with E-state index in [0.29, 0.717) is 17.4 Å². The van der Waals surface area contributed by atoms with Crippen LogP contribution in [0, 0.1) is 11.3 Å². The lowest BCUT2D eigenvalue weighted by atomic mass is 9.91. The quantitative estimate of drug-likeness (QED) is 0.845. The SMILES string of the molecule is Cn1cncc1C1C=C(C=O)c2cc(CCC#N)c(C(F)(F)F)cc2N1. The molecule has 5 nitrogen and oxygen atoms in total. The molecule has 0 aliphatic carbocycles. The van der Waals surface area contributed by atoms with E-state index in [2.05, 4.69) is 10.3 Å². The highest BCUT2D eigenvalue weighted by Gasteiger charge is 2.35. The Morgan fingerprint density at radius 2 is 2.19 bits per heavy atom. The number of alkyl halides is 3. The highest BCUT2D eigenvalue weighted by atomic mass is 19.4. The monoisotopic (exact) mass is 360 g/mol. The largest absolute Gasteiger partial charge is 0.416 e. The maximum atomic E-state index is 13.5. The molecule has 2 aromatic rings. The van der Waals surface area contributed by atoms with Crippen molar-refractivity contribution >= 4 is 17.5 Å². The van der Waals surface area contributed by atoms with Crippen molar-refractivity contribution in [1.82, 2.24) is 9.55 Å². The van der Waals surface area contributed by atoms with E-state index < -0.39 is 17.8 Å². The molecule has 26 heavy (non-hydrogen) atoms. The van der Waals surface area contributed by atoms with Crippen LogP contribution in [0.5, 0.6) is 0 Å². The summed E-state index contributed by atoms with van der Waals surface area (Å²) in [7, 11) is 1.76. The van der Waals surface area contributed by atoms with Crippen LogP contribution < -0.4 is 5.32 Å². The van der Waals surface area contributed by atoms with Crippen molar-refractivity contribution in [2.45, 2.75) is 25.1 Å². The summed E-state index contributed by atoms with van der Waals surface area (Å²) in [5.41, 5.74) is 0.864. The molecule has 1 N–H and O–H groups in total. The molecular formula is C18H15F3N4O. The number of carbonyl (C=O) groups is 1. The Morgan fingerprint density at radius 3 is 2.77 bits per heavy atom. The number of imidazole rings is 1. The van der Waals surface area contributed by atoms with Crippen LogP contribution in [0.4, 0.5) is 18.9 Å². The number of rotatable bonds is 4. The van der Waals surface area contributed by atoms with Crippen LogP contribution in [0.1, 0.15) is 34.8 Å². The topological polar surface area (TPSA) is 70.7 Å². The third kappa shape index (κ3) is 3.20. The summed E-state index contributed by atoms with van der Waals surface area (Å²) in [5, 5.41) is 11.7. The number of hydrogen-bond acceptors (Lipinski definition) is 4. The van der Waals surface area contributed by atoms with Gasteiger partial charge in [0.2, 0.25) is 0 Å². The molecule has 3 rings (SSSR count). The van der Waals surface area contributed by atoms with Gasteiger partial charge in [0, 0.05) is 30.3 Å². The Hall–Kier alpha value is -3.08. The van der Waals surface area contributed by atoms with Crippen LogP contribution in [0.25, 0.3) is 5.57 Å². The molecule has 134 valence electrons. The van der Waals surface area contributed by atoms with Gasteiger partial charge in [0.1, 0.15) is 6.29 Å². The first kappa shape index (κ1) is 17.7.